The van der Waals surface area contributed by atoms with Gasteiger partial charge in [-0.25, -0.2) is 9.18 Å². The number of hydrogen-bond donors (Lipinski definition) is 5. The summed E-state index contributed by atoms with van der Waals surface area (Å²) in [5.41, 5.74) is 18.3. The van der Waals surface area contributed by atoms with Crippen LogP contribution in [0.25, 0.3) is 16.7 Å². The average molecular weight is 715 g/mol. The number of aromatic nitrogens is 3. The second-order valence-electron chi connectivity index (χ2n) is 15.2. The SMILES string of the molecule is C[C@H](N)CCCc1cc(C(C)(C)C)c(F)c(C(F)(F)F)c1.C[C@H](NCCCN=C(N)N)c1ccc(-n2cc3cc(C(C)(C)C)[nH]c3nc2=O)cc1. The third-order valence-corrected chi connectivity index (χ3v) is 8.44. The van der Waals surface area contributed by atoms with Crippen LogP contribution in [0.2, 0.25) is 0 Å². The second kappa shape index (κ2) is 16.9. The third-order valence-electron chi connectivity index (χ3n) is 8.44. The monoisotopic (exact) mass is 714 g/mol. The molecule has 0 aliphatic heterocycles. The van der Waals surface area contributed by atoms with Crippen molar-refractivity contribution in [3.63, 3.8) is 0 Å². The lowest BCUT2D eigenvalue weighted by molar-refractivity contribution is -0.140. The molecule has 0 saturated heterocycles. The number of hydrogen-bond acceptors (Lipinski definition) is 5. The summed E-state index contributed by atoms with van der Waals surface area (Å²) in [6.07, 6.45) is -0.103. The highest BCUT2D eigenvalue weighted by molar-refractivity contribution is 5.76. The summed E-state index contributed by atoms with van der Waals surface area (Å²) >= 11 is 0. The first-order valence-electron chi connectivity index (χ1n) is 17.3. The summed E-state index contributed by atoms with van der Waals surface area (Å²) in [5, 5.41) is 4.36. The van der Waals surface area contributed by atoms with Crippen molar-refractivity contribution in [1.82, 2.24) is 19.9 Å². The fourth-order valence-electron chi connectivity index (χ4n) is 5.44. The third kappa shape index (κ3) is 11.9. The smallest absolute Gasteiger partial charge is 0.370 e. The summed E-state index contributed by atoms with van der Waals surface area (Å²) in [5.74, 6) is -1.04. The second-order valence-corrected chi connectivity index (χ2v) is 15.2. The highest BCUT2D eigenvalue weighted by atomic mass is 19.4. The molecule has 2 atom stereocenters. The predicted molar refractivity (Wildman–Crippen MR) is 199 cm³/mol. The lowest BCUT2D eigenvalue weighted by Gasteiger charge is -2.23. The average Bonchev–Trinajstić information content (AvgIpc) is 3.44. The standard InChI is InChI=1S/C22H31N7O.C16H23F4N/c1-14(25-10-5-11-26-20(23)24)15-6-8-17(9-7-15)29-13-16-12-18(22(2,3)4)27-19(16)28-21(29)30;1-10(21)6-5-7-11-8-12(15(2,3)4)14(17)13(9-11)16(18,19)20/h6-9,12-14,25H,5,10-11H2,1-4H3,(H4,23,24,26)(H,27,28,30);8-10H,5-7,21H2,1-4H3/t14-;10-/m00/s1. The van der Waals surface area contributed by atoms with Crippen molar-refractivity contribution < 1.29 is 17.6 Å². The van der Waals surface area contributed by atoms with Crippen LogP contribution in [0.4, 0.5) is 17.6 Å². The largest absolute Gasteiger partial charge is 0.419 e. The summed E-state index contributed by atoms with van der Waals surface area (Å²) in [6.45, 7) is 16.9. The number of rotatable bonds is 11. The van der Waals surface area contributed by atoms with E-state index in [1.807, 2.05) is 37.4 Å². The van der Waals surface area contributed by atoms with Gasteiger partial charge in [0.25, 0.3) is 0 Å². The maximum Gasteiger partial charge on any atom is 0.419 e. The van der Waals surface area contributed by atoms with Crippen molar-refractivity contribution in [2.75, 3.05) is 13.1 Å². The summed E-state index contributed by atoms with van der Waals surface area (Å²) in [4.78, 5) is 24.0. The molecule has 8 N–H and O–H groups in total. The maximum atomic E-state index is 14.2. The van der Waals surface area contributed by atoms with Gasteiger partial charge in [0.2, 0.25) is 0 Å². The lowest BCUT2D eigenvalue weighted by Crippen LogP contribution is -2.24. The molecular weight excluding hydrogens is 660 g/mol. The molecule has 2 aromatic carbocycles. The van der Waals surface area contributed by atoms with Crippen LogP contribution in [-0.2, 0) is 23.4 Å². The van der Waals surface area contributed by atoms with Gasteiger partial charge in [-0.15, -0.1) is 0 Å². The summed E-state index contributed by atoms with van der Waals surface area (Å²) < 4.78 is 54.7. The summed E-state index contributed by atoms with van der Waals surface area (Å²) in [7, 11) is 0. The van der Waals surface area contributed by atoms with Crippen LogP contribution in [0.15, 0.2) is 58.4 Å². The zero-order valence-electron chi connectivity index (χ0n) is 31.0. The number of alkyl halides is 3. The Balaban J connectivity index is 0.000000295. The molecule has 0 aliphatic rings. The van der Waals surface area contributed by atoms with Gasteiger partial charge in [-0.05, 0) is 92.4 Å². The molecule has 0 amide bonds. The number of nitrogens with zero attached hydrogens (tertiary/aromatic N) is 3. The number of benzene rings is 2. The van der Waals surface area contributed by atoms with E-state index in [1.165, 1.54) is 0 Å². The number of guanidine groups is 1. The van der Waals surface area contributed by atoms with E-state index in [0.717, 1.165) is 47.8 Å². The minimum absolute atomic E-state index is 0.00891. The molecule has 4 rings (SSSR count). The molecule has 0 spiro atoms. The highest BCUT2D eigenvalue weighted by Gasteiger charge is 2.37. The van der Waals surface area contributed by atoms with E-state index in [2.05, 4.69) is 54.0 Å². The van der Waals surface area contributed by atoms with Crippen LogP contribution in [-0.4, -0.2) is 39.6 Å². The number of nitrogens with two attached hydrogens (primary N) is 3. The Hall–Kier alpha value is -4.23. The van der Waals surface area contributed by atoms with Gasteiger partial charge in [0.05, 0.1) is 11.3 Å². The van der Waals surface area contributed by atoms with Crippen LogP contribution >= 0.6 is 0 Å². The van der Waals surface area contributed by atoms with Crippen LogP contribution in [0, 0.1) is 5.82 Å². The zero-order chi connectivity index (χ0) is 38.3. The number of aliphatic imine (C=N–C) groups is 1. The van der Waals surface area contributed by atoms with Gasteiger partial charge < -0.3 is 27.5 Å². The first-order valence-corrected chi connectivity index (χ1v) is 17.3. The van der Waals surface area contributed by atoms with Crippen molar-refractivity contribution in [3.8, 4) is 5.69 Å². The van der Waals surface area contributed by atoms with E-state index < -0.39 is 23.0 Å². The fourth-order valence-corrected chi connectivity index (χ4v) is 5.44. The Morgan fingerprint density at radius 3 is 2.14 bits per heavy atom. The molecule has 4 aromatic rings. The minimum atomic E-state index is -4.68. The van der Waals surface area contributed by atoms with Gasteiger partial charge in [0.15, 0.2) is 5.96 Å². The van der Waals surface area contributed by atoms with Crippen molar-refractivity contribution in [3.05, 3.63) is 92.9 Å². The van der Waals surface area contributed by atoms with Gasteiger partial charge in [0, 0.05) is 41.3 Å². The topological polar surface area (TPSA) is 153 Å². The minimum Gasteiger partial charge on any atom is -0.370 e. The fraction of sp³-hybridized carbons (Fsp3) is 0.500. The Morgan fingerprint density at radius 2 is 1.59 bits per heavy atom. The van der Waals surface area contributed by atoms with E-state index in [9.17, 15) is 22.4 Å². The van der Waals surface area contributed by atoms with Crippen LogP contribution < -0.4 is 28.2 Å². The van der Waals surface area contributed by atoms with Crippen molar-refractivity contribution in [2.24, 2.45) is 22.2 Å². The summed E-state index contributed by atoms with van der Waals surface area (Å²) in [6, 6.07) is 12.6. The number of H-pyrrole nitrogens is 1. The number of nitrogens with one attached hydrogen (secondary N) is 2. The predicted octanol–water partition coefficient (Wildman–Crippen LogP) is 7.14. The van der Waals surface area contributed by atoms with Crippen molar-refractivity contribution in [1.29, 1.82) is 0 Å². The van der Waals surface area contributed by atoms with Gasteiger partial charge in [0.1, 0.15) is 11.5 Å². The van der Waals surface area contributed by atoms with Crippen LogP contribution in [0.5, 0.6) is 0 Å². The van der Waals surface area contributed by atoms with Gasteiger partial charge in [-0.2, -0.15) is 18.2 Å². The number of aromatic amines is 1. The first kappa shape index (κ1) is 41.2. The molecule has 280 valence electrons. The maximum absolute atomic E-state index is 14.2. The lowest BCUT2D eigenvalue weighted by atomic mass is 9.83. The Bertz CT molecular complexity index is 1790. The van der Waals surface area contributed by atoms with Crippen LogP contribution in [0.3, 0.4) is 0 Å². The Morgan fingerprint density at radius 1 is 0.961 bits per heavy atom. The Labute approximate surface area is 298 Å². The normalized spacial score (nSPS) is 13.4. The van der Waals surface area contributed by atoms with Crippen LogP contribution in [0.1, 0.15) is 109 Å². The van der Waals surface area contributed by atoms with Gasteiger partial charge in [-0.3, -0.25) is 9.56 Å². The highest BCUT2D eigenvalue weighted by Crippen LogP contribution is 2.37. The molecule has 0 bridgehead atoms. The zero-order valence-corrected chi connectivity index (χ0v) is 31.0. The molecule has 0 unspecified atom stereocenters. The molecule has 51 heavy (non-hydrogen) atoms. The van der Waals surface area contributed by atoms with E-state index in [0.29, 0.717) is 30.6 Å². The Kier molecular flexibility index (Phi) is 13.6. The number of halogens is 4. The van der Waals surface area contributed by atoms with Crippen molar-refractivity contribution >= 4 is 17.0 Å². The van der Waals surface area contributed by atoms with Gasteiger partial charge in [-0.1, -0.05) is 59.7 Å². The molecule has 2 aromatic heterocycles. The molecule has 2 heterocycles. The molecular formula is C38H54F4N8O. The van der Waals surface area contributed by atoms with E-state index in [4.69, 9.17) is 17.2 Å². The van der Waals surface area contributed by atoms with E-state index >= 15 is 0 Å². The molecule has 9 nitrogen and oxygen atoms in total. The van der Waals surface area contributed by atoms with Gasteiger partial charge >= 0.3 is 11.9 Å². The van der Waals surface area contributed by atoms with E-state index in [-0.39, 0.29) is 34.7 Å². The quantitative estimate of drug-likeness (QED) is 0.0482. The van der Waals surface area contributed by atoms with Crippen molar-refractivity contribution in [2.45, 2.75) is 110 Å². The van der Waals surface area contributed by atoms with E-state index in [1.54, 1.807) is 31.4 Å². The molecule has 0 aliphatic carbocycles. The molecule has 0 fully saturated rings. The first-order chi connectivity index (χ1) is 23.6. The molecule has 13 heteroatoms. The molecule has 0 saturated carbocycles. The number of aryl methyl sites for hydroxylation is 1. The molecule has 0 radical (unpaired) electrons. The number of fused-ring (bicyclic) bond motifs is 1.